The van der Waals surface area contributed by atoms with Gasteiger partial charge in [0.2, 0.25) is 11.8 Å². The van der Waals surface area contributed by atoms with Crippen molar-refractivity contribution in [1.29, 1.82) is 0 Å². The van der Waals surface area contributed by atoms with Crippen LogP contribution in [-0.4, -0.2) is 32.4 Å². The number of aliphatic hydroxyl groups is 1. The van der Waals surface area contributed by atoms with E-state index in [4.69, 9.17) is 8.94 Å². The van der Waals surface area contributed by atoms with Crippen LogP contribution in [0.4, 0.5) is 0 Å². The summed E-state index contributed by atoms with van der Waals surface area (Å²) < 4.78 is 10.7. The zero-order valence-corrected chi connectivity index (χ0v) is 14.8. The monoisotopic (exact) mass is 368 g/mol. The van der Waals surface area contributed by atoms with Gasteiger partial charge in [-0.15, -0.1) is 10.2 Å². The number of carbonyl (C=O) groups is 1. The summed E-state index contributed by atoms with van der Waals surface area (Å²) >= 11 is 0. The van der Waals surface area contributed by atoms with Crippen LogP contribution in [0.25, 0.3) is 11.3 Å². The number of benzene rings is 1. The average Bonchev–Trinajstić information content (AvgIpc) is 3.30. The second-order valence-electron chi connectivity index (χ2n) is 6.86. The van der Waals surface area contributed by atoms with Crippen molar-refractivity contribution in [1.82, 2.24) is 20.7 Å². The maximum Gasteiger partial charge on any atom is 0.273 e. The van der Waals surface area contributed by atoms with Gasteiger partial charge in [-0.1, -0.05) is 35.5 Å². The van der Waals surface area contributed by atoms with E-state index in [2.05, 4.69) is 20.7 Å². The molecule has 8 nitrogen and oxygen atoms in total. The predicted octanol–water partition coefficient (Wildman–Crippen LogP) is 2.53. The topological polar surface area (TPSA) is 114 Å². The standard InChI is InChI=1S/C19H20N4O4/c1-11(24)19-22-21-17(26-19)9-12-7-14(8-12)20-18(25)15-10-16(27-23-15)13-5-3-2-4-6-13/h2-6,10-12,14,24H,7-9H2,1H3,(H,20,25)/t11-,12-,14+/m0/s1. The molecule has 27 heavy (non-hydrogen) atoms. The lowest BCUT2D eigenvalue weighted by Crippen LogP contribution is -2.45. The Hall–Kier alpha value is -3.00. The van der Waals surface area contributed by atoms with Crippen LogP contribution in [0, 0.1) is 5.92 Å². The molecule has 1 saturated carbocycles. The number of rotatable bonds is 6. The minimum atomic E-state index is -0.761. The van der Waals surface area contributed by atoms with Crippen LogP contribution >= 0.6 is 0 Å². The van der Waals surface area contributed by atoms with Gasteiger partial charge in [0.25, 0.3) is 5.91 Å². The highest BCUT2D eigenvalue weighted by molar-refractivity contribution is 5.93. The van der Waals surface area contributed by atoms with E-state index in [9.17, 15) is 9.90 Å². The Morgan fingerprint density at radius 1 is 1.30 bits per heavy atom. The zero-order chi connectivity index (χ0) is 18.8. The number of hydrogen-bond acceptors (Lipinski definition) is 7. The molecule has 4 rings (SSSR count). The maximum atomic E-state index is 12.3. The highest BCUT2D eigenvalue weighted by Gasteiger charge is 2.32. The van der Waals surface area contributed by atoms with Gasteiger partial charge < -0.3 is 19.4 Å². The quantitative estimate of drug-likeness (QED) is 0.687. The average molecular weight is 368 g/mol. The molecular formula is C19H20N4O4. The van der Waals surface area contributed by atoms with Crippen LogP contribution in [0.5, 0.6) is 0 Å². The van der Waals surface area contributed by atoms with Crippen molar-refractivity contribution in [3.05, 3.63) is 53.9 Å². The number of amides is 1. The number of aromatic nitrogens is 3. The fourth-order valence-electron chi connectivity index (χ4n) is 3.17. The molecule has 2 heterocycles. The fraction of sp³-hybridized carbons (Fsp3) is 0.368. The van der Waals surface area contributed by atoms with Gasteiger partial charge in [0.1, 0.15) is 6.10 Å². The molecule has 1 atom stereocenters. The first-order chi connectivity index (χ1) is 13.1. The Bertz CT molecular complexity index is 913. The molecular weight excluding hydrogens is 348 g/mol. The first kappa shape index (κ1) is 17.4. The van der Waals surface area contributed by atoms with Crippen LogP contribution in [0.2, 0.25) is 0 Å². The van der Waals surface area contributed by atoms with Crippen molar-refractivity contribution in [2.75, 3.05) is 0 Å². The van der Waals surface area contributed by atoms with E-state index in [-0.39, 0.29) is 23.5 Å². The van der Waals surface area contributed by atoms with E-state index in [1.54, 1.807) is 13.0 Å². The summed E-state index contributed by atoms with van der Waals surface area (Å²) in [5.41, 5.74) is 1.15. The van der Waals surface area contributed by atoms with Crippen LogP contribution < -0.4 is 5.32 Å². The van der Waals surface area contributed by atoms with E-state index in [0.717, 1.165) is 18.4 Å². The third kappa shape index (κ3) is 3.90. The summed E-state index contributed by atoms with van der Waals surface area (Å²) in [5.74, 6) is 1.45. The predicted molar refractivity (Wildman–Crippen MR) is 94.6 cm³/mol. The van der Waals surface area contributed by atoms with Crippen molar-refractivity contribution in [3.63, 3.8) is 0 Å². The molecule has 0 saturated heterocycles. The summed E-state index contributed by atoms with van der Waals surface area (Å²) in [5, 5.41) is 24.0. The Kier molecular flexibility index (Phi) is 4.72. The Morgan fingerprint density at radius 2 is 2.07 bits per heavy atom. The second-order valence-corrected chi connectivity index (χ2v) is 6.86. The molecule has 1 aliphatic rings. The highest BCUT2D eigenvalue weighted by atomic mass is 16.5. The molecule has 2 N–H and O–H groups in total. The minimum absolute atomic E-state index is 0.0959. The molecule has 1 aliphatic carbocycles. The molecule has 3 aromatic rings. The molecule has 140 valence electrons. The van der Waals surface area contributed by atoms with E-state index in [0.29, 0.717) is 24.0 Å². The van der Waals surface area contributed by atoms with Gasteiger partial charge >= 0.3 is 0 Å². The summed E-state index contributed by atoms with van der Waals surface area (Å²) in [7, 11) is 0. The SMILES string of the molecule is C[C@H](O)c1nnc(C[C@H]2C[C@@H](NC(=O)c3cc(-c4ccccc4)on3)C2)o1. The number of nitrogens with one attached hydrogen (secondary N) is 1. The summed E-state index contributed by atoms with van der Waals surface area (Å²) in [6, 6.07) is 11.3. The molecule has 1 aromatic carbocycles. The lowest BCUT2D eigenvalue weighted by Gasteiger charge is -2.34. The van der Waals surface area contributed by atoms with Gasteiger partial charge in [-0.25, -0.2) is 0 Å². The van der Waals surface area contributed by atoms with Crippen molar-refractivity contribution >= 4 is 5.91 Å². The zero-order valence-electron chi connectivity index (χ0n) is 14.8. The highest BCUT2D eigenvalue weighted by Crippen LogP contribution is 2.31. The first-order valence-electron chi connectivity index (χ1n) is 8.92. The summed E-state index contributed by atoms with van der Waals surface area (Å²) in [6.45, 7) is 1.58. The third-order valence-electron chi connectivity index (χ3n) is 4.68. The van der Waals surface area contributed by atoms with Gasteiger partial charge in [-0.3, -0.25) is 4.79 Å². The van der Waals surface area contributed by atoms with E-state index in [1.807, 2.05) is 30.3 Å². The number of carbonyl (C=O) groups excluding carboxylic acids is 1. The van der Waals surface area contributed by atoms with Crippen molar-refractivity contribution in [3.8, 4) is 11.3 Å². The molecule has 0 aliphatic heterocycles. The Balaban J connectivity index is 1.27. The van der Waals surface area contributed by atoms with E-state index >= 15 is 0 Å². The van der Waals surface area contributed by atoms with Crippen molar-refractivity contribution in [2.24, 2.45) is 5.92 Å². The van der Waals surface area contributed by atoms with E-state index < -0.39 is 6.10 Å². The molecule has 1 fully saturated rings. The van der Waals surface area contributed by atoms with Gasteiger partial charge in [-0.05, 0) is 25.7 Å². The first-order valence-corrected chi connectivity index (χ1v) is 8.92. The third-order valence-corrected chi connectivity index (χ3v) is 4.68. The lowest BCUT2D eigenvalue weighted by atomic mass is 9.78. The number of aliphatic hydroxyl groups excluding tert-OH is 1. The second kappa shape index (κ2) is 7.32. The van der Waals surface area contributed by atoms with Crippen LogP contribution in [0.15, 0.2) is 45.3 Å². The van der Waals surface area contributed by atoms with Gasteiger partial charge in [0.05, 0.1) is 0 Å². The molecule has 2 aromatic heterocycles. The number of hydrogen-bond donors (Lipinski definition) is 2. The van der Waals surface area contributed by atoms with Crippen molar-refractivity contribution in [2.45, 2.75) is 38.3 Å². The van der Waals surface area contributed by atoms with Crippen LogP contribution in [-0.2, 0) is 6.42 Å². The number of nitrogens with zero attached hydrogens (tertiary/aromatic N) is 3. The molecule has 0 unspecified atom stereocenters. The summed E-state index contributed by atoms with van der Waals surface area (Å²) in [6.07, 6.45) is 1.56. The molecule has 0 spiro atoms. The van der Waals surface area contributed by atoms with Gasteiger partial charge in [0, 0.05) is 24.1 Å². The smallest absolute Gasteiger partial charge is 0.273 e. The van der Waals surface area contributed by atoms with Crippen LogP contribution in [0.3, 0.4) is 0 Å². The van der Waals surface area contributed by atoms with Gasteiger partial charge in [0.15, 0.2) is 11.5 Å². The molecule has 0 bridgehead atoms. The largest absolute Gasteiger partial charge is 0.422 e. The summed E-state index contributed by atoms with van der Waals surface area (Å²) in [4.78, 5) is 12.3. The molecule has 0 radical (unpaired) electrons. The molecule has 1 amide bonds. The fourth-order valence-corrected chi connectivity index (χ4v) is 3.17. The van der Waals surface area contributed by atoms with Gasteiger partial charge in [-0.2, -0.15) is 0 Å². The lowest BCUT2D eigenvalue weighted by molar-refractivity contribution is 0.0877. The minimum Gasteiger partial charge on any atom is -0.422 e. The van der Waals surface area contributed by atoms with E-state index in [1.165, 1.54) is 0 Å². The van der Waals surface area contributed by atoms with Crippen molar-refractivity contribution < 1.29 is 18.8 Å². The maximum absolute atomic E-state index is 12.3. The molecule has 8 heteroatoms. The van der Waals surface area contributed by atoms with Crippen LogP contribution in [0.1, 0.15) is 48.1 Å². The normalized spacial score (nSPS) is 20.1. The Morgan fingerprint density at radius 3 is 2.78 bits per heavy atom. The Labute approximate surface area is 155 Å².